The maximum Gasteiger partial charge on any atom is 0.273 e. The van der Waals surface area contributed by atoms with Gasteiger partial charge in [0.15, 0.2) is 0 Å². The van der Waals surface area contributed by atoms with Crippen molar-refractivity contribution in [2.24, 2.45) is 5.92 Å². The topological polar surface area (TPSA) is 79.7 Å². The maximum absolute atomic E-state index is 12.6. The van der Waals surface area contributed by atoms with E-state index in [1.807, 2.05) is 19.1 Å². The molecule has 0 saturated carbocycles. The van der Waals surface area contributed by atoms with E-state index in [0.29, 0.717) is 15.8 Å². The molecular formula is C21H21ClN6OS. The van der Waals surface area contributed by atoms with Crippen LogP contribution in [-0.2, 0) is 0 Å². The van der Waals surface area contributed by atoms with Gasteiger partial charge >= 0.3 is 0 Å². The summed E-state index contributed by atoms with van der Waals surface area (Å²) in [7, 11) is 0. The second-order valence-electron chi connectivity index (χ2n) is 7.79. The highest BCUT2D eigenvalue weighted by atomic mass is 35.5. The first-order valence-corrected chi connectivity index (χ1v) is 11.1. The van der Waals surface area contributed by atoms with E-state index >= 15 is 0 Å². The number of piperidine rings is 1. The van der Waals surface area contributed by atoms with Crippen molar-refractivity contribution in [2.75, 3.05) is 18.0 Å². The summed E-state index contributed by atoms with van der Waals surface area (Å²) in [5.41, 5.74) is 2.91. The number of hydrogen-bond donors (Lipinski definition) is 1. The number of hydrogen-bond acceptors (Lipinski definition) is 6. The zero-order valence-electron chi connectivity index (χ0n) is 16.7. The smallest absolute Gasteiger partial charge is 0.273 e. The number of fused-ring (bicyclic) bond motifs is 1. The highest BCUT2D eigenvalue weighted by molar-refractivity contribution is 7.20. The quantitative estimate of drug-likeness (QED) is 0.509. The number of aryl methyl sites for hydroxylation is 1. The van der Waals surface area contributed by atoms with Crippen LogP contribution in [0.2, 0.25) is 5.02 Å². The molecule has 0 unspecified atom stereocenters. The van der Waals surface area contributed by atoms with E-state index in [1.54, 1.807) is 18.3 Å². The molecule has 9 heteroatoms. The number of nitrogens with zero attached hydrogens (tertiary/aromatic N) is 5. The Hall–Kier alpha value is -2.71. The lowest BCUT2D eigenvalue weighted by atomic mass is 10.00. The number of anilines is 1. The van der Waals surface area contributed by atoms with Crippen LogP contribution in [-0.4, -0.2) is 37.8 Å². The largest absolute Gasteiger partial charge is 0.341 e. The van der Waals surface area contributed by atoms with Gasteiger partial charge in [-0.2, -0.15) is 4.68 Å². The van der Waals surface area contributed by atoms with Gasteiger partial charge in [-0.3, -0.25) is 9.89 Å². The molecular weight excluding hydrogens is 420 g/mol. The molecule has 0 amide bonds. The molecule has 0 radical (unpaired) electrons. The van der Waals surface area contributed by atoms with Gasteiger partial charge in [0.1, 0.15) is 0 Å². The van der Waals surface area contributed by atoms with E-state index in [4.69, 9.17) is 16.6 Å². The maximum atomic E-state index is 12.6. The molecule has 0 atom stereocenters. The molecule has 4 aromatic rings. The first-order valence-electron chi connectivity index (χ1n) is 9.95. The zero-order valence-corrected chi connectivity index (χ0v) is 18.3. The van der Waals surface area contributed by atoms with Gasteiger partial charge in [0.2, 0.25) is 11.1 Å². The standard InChI is InChI=1S/C21H21ClN6OS/c1-12-5-7-27(8-6-12)20-23-11-15(13(2)24-20)16-10-19(29)28(26-16)21-25-17-9-14(22)3-4-18(17)30-21/h3-4,9-12,26H,5-8H2,1-2H3. The normalized spacial score (nSPS) is 15.2. The second kappa shape index (κ2) is 7.52. The molecule has 1 aliphatic heterocycles. The first-order chi connectivity index (χ1) is 14.5. The lowest BCUT2D eigenvalue weighted by molar-refractivity contribution is 0.434. The Kier molecular flexibility index (Phi) is 4.83. The van der Waals surface area contributed by atoms with Crippen molar-refractivity contribution in [1.82, 2.24) is 24.7 Å². The Morgan fingerprint density at radius 1 is 1.20 bits per heavy atom. The highest BCUT2D eigenvalue weighted by Crippen LogP contribution is 2.28. The molecule has 3 aromatic heterocycles. The van der Waals surface area contributed by atoms with E-state index in [0.717, 1.165) is 59.3 Å². The molecule has 154 valence electrons. The van der Waals surface area contributed by atoms with Crippen molar-refractivity contribution in [3.8, 4) is 16.4 Å². The predicted octanol–water partition coefficient (Wildman–Crippen LogP) is 4.43. The number of nitrogens with one attached hydrogen (secondary N) is 1. The van der Waals surface area contributed by atoms with Crippen LogP contribution in [0.1, 0.15) is 25.5 Å². The van der Waals surface area contributed by atoms with E-state index in [9.17, 15) is 4.79 Å². The predicted molar refractivity (Wildman–Crippen MR) is 121 cm³/mol. The van der Waals surface area contributed by atoms with Crippen LogP contribution in [0.4, 0.5) is 5.95 Å². The van der Waals surface area contributed by atoms with Gasteiger partial charge in [0, 0.05) is 35.9 Å². The molecule has 1 aromatic carbocycles. The minimum absolute atomic E-state index is 0.177. The molecule has 1 aliphatic rings. The highest BCUT2D eigenvalue weighted by Gasteiger charge is 2.19. The molecule has 1 saturated heterocycles. The molecule has 30 heavy (non-hydrogen) atoms. The van der Waals surface area contributed by atoms with Crippen molar-refractivity contribution in [3.63, 3.8) is 0 Å². The van der Waals surface area contributed by atoms with Crippen molar-refractivity contribution < 1.29 is 0 Å². The van der Waals surface area contributed by atoms with Gasteiger partial charge in [-0.25, -0.2) is 15.0 Å². The first kappa shape index (κ1) is 19.3. The lowest BCUT2D eigenvalue weighted by Gasteiger charge is -2.30. The van der Waals surface area contributed by atoms with Crippen LogP contribution in [0.3, 0.4) is 0 Å². The number of thiazole rings is 1. The summed E-state index contributed by atoms with van der Waals surface area (Å²) in [6.07, 6.45) is 4.12. The molecule has 7 nitrogen and oxygen atoms in total. The number of halogens is 1. The summed E-state index contributed by atoms with van der Waals surface area (Å²) in [6.45, 7) is 6.19. The van der Waals surface area contributed by atoms with E-state index < -0.39 is 0 Å². The number of aromatic nitrogens is 5. The Balaban J connectivity index is 1.47. The van der Waals surface area contributed by atoms with Crippen LogP contribution in [0, 0.1) is 12.8 Å². The molecule has 1 N–H and O–H groups in total. The monoisotopic (exact) mass is 440 g/mol. The fourth-order valence-electron chi connectivity index (χ4n) is 3.74. The van der Waals surface area contributed by atoms with E-state index in [1.165, 1.54) is 16.0 Å². The molecule has 0 aliphatic carbocycles. The summed E-state index contributed by atoms with van der Waals surface area (Å²) in [4.78, 5) is 28.7. The Bertz CT molecular complexity index is 1280. The van der Waals surface area contributed by atoms with Crippen LogP contribution in [0.15, 0.2) is 35.3 Å². The number of H-pyrrole nitrogens is 1. The Morgan fingerprint density at radius 3 is 2.77 bits per heavy atom. The van der Waals surface area contributed by atoms with Crippen LogP contribution in [0.25, 0.3) is 26.6 Å². The van der Waals surface area contributed by atoms with Crippen LogP contribution >= 0.6 is 22.9 Å². The average Bonchev–Trinajstić information content (AvgIpc) is 3.31. The molecule has 5 rings (SSSR count). The number of benzene rings is 1. The fraction of sp³-hybridized carbons (Fsp3) is 0.333. The van der Waals surface area contributed by atoms with E-state index in [-0.39, 0.29) is 5.56 Å². The second-order valence-corrected chi connectivity index (χ2v) is 9.24. The van der Waals surface area contributed by atoms with Crippen LogP contribution < -0.4 is 10.5 Å². The van der Waals surface area contributed by atoms with Gasteiger partial charge in [0.25, 0.3) is 5.56 Å². The van der Waals surface area contributed by atoms with Gasteiger partial charge in [-0.1, -0.05) is 29.9 Å². The summed E-state index contributed by atoms with van der Waals surface area (Å²) in [5, 5.41) is 4.35. The number of aromatic amines is 1. The summed E-state index contributed by atoms with van der Waals surface area (Å²) < 4.78 is 2.42. The van der Waals surface area contributed by atoms with Gasteiger partial charge in [-0.05, 0) is 43.9 Å². The summed E-state index contributed by atoms with van der Waals surface area (Å²) in [5.74, 6) is 1.51. The number of rotatable bonds is 3. The van der Waals surface area contributed by atoms with Gasteiger partial charge < -0.3 is 4.90 Å². The van der Waals surface area contributed by atoms with Crippen molar-refractivity contribution in [2.45, 2.75) is 26.7 Å². The van der Waals surface area contributed by atoms with Crippen molar-refractivity contribution in [3.05, 3.63) is 51.5 Å². The van der Waals surface area contributed by atoms with Crippen LogP contribution in [0.5, 0.6) is 0 Å². The minimum atomic E-state index is -0.177. The Labute approximate surface area is 182 Å². The third kappa shape index (κ3) is 3.50. The third-order valence-electron chi connectivity index (χ3n) is 5.57. The molecule has 0 bridgehead atoms. The van der Waals surface area contributed by atoms with Crippen molar-refractivity contribution in [1.29, 1.82) is 0 Å². The van der Waals surface area contributed by atoms with Crippen molar-refractivity contribution >= 4 is 39.1 Å². The molecule has 1 fully saturated rings. The Morgan fingerprint density at radius 2 is 2.00 bits per heavy atom. The third-order valence-corrected chi connectivity index (χ3v) is 6.83. The van der Waals surface area contributed by atoms with Gasteiger partial charge in [0.05, 0.1) is 21.6 Å². The average molecular weight is 441 g/mol. The lowest BCUT2D eigenvalue weighted by Crippen LogP contribution is -2.34. The molecule has 0 spiro atoms. The van der Waals surface area contributed by atoms with Gasteiger partial charge in [-0.15, -0.1) is 0 Å². The SMILES string of the molecule is Cc1nc(N2CCC(C)CC2)ncc1-c1cc(=O)n(-c2nc3cc(Cl)ccc3s2)[nH]1. The minimum Gasteiger partial charge on any atom is -0.341 e. The zero-order chi connectivity index (χ0) is 20.8. The van der Waals surface area contributed by atoms with E-state index in [2.05, 4.69) is 26.9 Å². The fourth-order valence-corrected chi connectivity index (χ4v) is 4.82. The summed E-state index contributed by atoms with van der Waals surface area (Å²) in [6, 6.07) is 7.09. The summed E-state index contributed by atoms with van der Waals surface area (Å²) >= 11 is 7.49. The molecule has 4 heterocycles.